The first-order valence-electron chi connectivity index (χ1n) is 11.9. The van der Waals surface area contributed by atoms with Crippen LogP contribution in [0.3, 0.4) is 0 Å². The van der Waals surface area contributed by atoms with Crippen molar-refractivity contribution in [2.24, 2.45) is 11.8 Å². The second kappa shape index (κ2) is 12.7. The van der Waals surface area contributed by atoms with Crippen molar-refractivity contribution in [2.45, 2.75) is 59.9 Å². The third-order valence-electron chi connectivity index (χ3n) is 5.80. The van der Waals surface area contributed by atoms with E-state index in [1.165, 1.54) is 11.3 Å². The van der Waals surface area contributed by atoms with E-state index in [0.717, 1.165) is 45.6 Å². The molecule has 1 aromatic carbocycles. The molecule has 1 aliphatic rings. The number of benzene rings is 1. The summed E-state index contributed by atoms with van der Waals surface area (Å²) in [4.78, 5) is 29.6. The van der Waals surface area contributed by atoms with Crippen LogP contribution in [-0.4, -0.2) is 62.0 Å². The molecule has 1 unspecified atom stereocenters. The maximum atomic E-state index is 12.5. The van der Waals surface area contributed by atoms with Crippen LogP contribution in [0.4, 0.5) is 5.69 Å². The fourth-order valence-electron chi connectivity index (χ4n) is 3.97. The summed E-state index contributed by atoms with van der Waals surface area (Å²) in [6.07, 6.45) is 2.47. The van der Waals surface area contributed by atoms with Crippen molar-refractivity contribution >= 4 is 17.5 Å². The van der Waals surface area contributed by atoms with Crippen LogP contribution in [-0.2, 0) is 9.59 Å². The Balaban J connectivity index is 1.63. The van der Waals surface area contributed by atoms with Crippen molar-refractivity contribution in [3.63, 3.8) is 0 Å². The molecule has 0 saturated carbocycles. The lowest BCUT2D eigenvalue weighted by Gasteiger charge is -2.36. The lowest BCUT2D eigenvalue weighted by molar-refractivity contribution is -0.130. The first-order valence-corrected chi connectivity index (χ1v) is 11.9. The maximum absolute atomic E-state index is 12.5. The lowest BCUT2D eigenvalue weighted by atomic mass is 10.0. The van der Waals surface area contributed by atoms with Gasteiger partial charge in [0.05, 0.1) is 0 Å². The molecule has 0 bridgehead atoms. The standard InChI is InChI=1S/C25H42N4O2/c1-19(2)17-23(30)27-24(20(3)4)25(31)26-11-6-7-12-28-13-15-29(16-14-28)22-10-8-9-21(5)18-22/h8-10,18-20,24H,6-7,11-17H2,1-5H3,(H,26,31)(H,27,30). The number of aryl methyl sites for hydroxylation is 1. The highest BCUT2D eigenvalue weighted by molar-refractivity contribution is 5.87. The summed E-state index contributed by atoms with van der Waals surface area (Å²) < 4.78 is 0. The number of amides is 2. The summed E-state index contributed by atoms with van der Waals surface area (Å²) in [6.45, 7) is 16.1. The Labute approximate surface area is 188 Å². The van der Waals surface area contributed by atoms with Gasteiger partial charge in [-0.2, -0.15) is 0 Å². The minimum atomic E-state index is -0.457. The highest BCUT2D eigenvalue weighted by Gasteiger charge is 2.24. The summed E-state index contributed by atoms with van der Waals surface area (Å²) in [5.74, 6) is 0.239. The molecule has 1 aliphatic heterocycles. The number of piperazine rings is 1. The van der Waals surface area contributed by atoms with Gasteiger partial charge in [-0.3, -0.25) is 14.5 Å². The first-order chi connectivity index (χ1) is 14.8. The number of hydrogen-bond acceptors (Lipinski definition) is 4. The number of carbonyl (C=O) groups excluding carboxylic acids is 2. The molecule has 1 atom stereocenters. The van der Waals surface area contributed by atoms with Gasteiger partial charge in [0.1, 0.15) is 6.04 Å². The van der Waals surface area contributed by atoms with Crippen molar-refractivity contribution in [3.8, 4) is 0 Å². The van der Waals surface area contributed by atoms with Crippen molar-refractivity contribution in [3.05, 3.63) is 29.8 Å². The van der Waals surface area contributed by atoms with Crippen LogP contribution in [0.15, 0.2) is 24.3 Å². The quantitative estimate of drug-likeness (QED) is 0.529. The molecule has 1 heterocycles. The molecule has 1 fully saturated rings. The van der Waals surface area contributed by atoms with Crippen LogP contribution in [0.1, 0.15) is 52.5 Å². The molecule has 174 valence electrons. The van der Waals surface area contributed by atoms with E-state index in [9.17, 15) is 9.59 Å². The molecular formula is C25H42N4O2. The van der Waals surface area contributed by atoms with E-state index in [-0.39, 0.29) is 23.7 Å². The molecule has 2 N–H and O–H groups in total. The van der Waals surface area contributed by atoms with Gasteiger partial charge in [0.15, 0.2) is 0 Å². The third kappa shape index (κ3) is 8.90. The Bertz CT molecular complexity index is 697. The van der Waals surface area contributed by atoms with Crippen molar-refractivity contribution < 1.29 is 9.59 Å². The molecule has 1 aromatic rings. The zero-order valence-electron chi connectivity index (χ0n) is 20.1. The highest BCUT2D eigenvalue weighted by Crippen LogP contribution is 2.18. The molecular weight excluding hydrogens is 388 g/mol. The number of anilines is 1. The fraction of sp³-hybridized carbons (Fsp3) is 0.680. The van der Waals surface area contributed by atoms with Gasteiger partial charge < -0.3 is 15.5 Å². The van der Waals surface area contributed by atoms with Gasteiger partial charge in [-0.05, 0) is 55.8 Å². The molecule has 6 heteroatoms. The van der Waals surface area contributed by atoms with Crippen LogP contribution in [0, 0.1) is 18.8 Å². The van der Waals surface area contributed by atoms with Gasteiger partial charge in [-0.15, -0.1) is 0 Å². The Hall–Kier alpha value is -2.08. The predicted octanol–water partition coefficient (Wildman–Crippen LogP) is 3.20. The van der Waals surface area contributed by atoms with E-state index in [1.807, 2.05) is 27.7 Å². The predicted molar refractivity (Wildman–Crippen MR) is 128 cm³/mol. The molecule has 0 radical (unpaired) electrons. The van der Waals surface area contributed by atoms with Gasteiger partial charge in [0.2, 0.25) is 11.8 Å². The maximum Gasteiger partial charge on any atom is 0.242 e. The number of unbranched alkanes of at least 4 members (excludes halogenated alkanes) is 1. The van der Waals surface area contributed by atoms with E-state index < -0.39 is 6.04 Å². The Morgan fingerprint density at radius 2 is 1.74 bits per heavy atom. The summed E-state index contributed by atoms with van der Waals surface area (Å²) in [6, 6.07) is 8.27. The minimum absolute atomic E-state index is 0.0475. The van der Waals surface area contributed by atoms with E-state index in [1.54, 1.807) is 0 Å². The number of rotatable bonds is 11. The molecule has 0 aromatic heterocycles. The number of carbonyl (C=O) groups is 2. The average Bonchev–Trinajstić information content (AvgIpc) is 2.71. The van der Waals surface area contributed by atoms with Crippen molar-refractivity contribution in [1.29, 1.82) is 0 Å². The average molecular weight is 431 g/mol. The van der Waals surface area contributed by atoms with Crippen LogP contribution in [0.2, 0.25) is 0 Å². The van der Waals surface area contributed by atoms with Gasteiger partial charge >= 0.3 is 0 Å². The molecule has 6 nitrogen and oxygen atoms in total. The second-order valence-corrected chi connectivity index (χ2v) is 9.55. The van der Waals surface area contributed by atoms with E-state index >= 15 is 0 Å². The number of nitrogens with one attached hydrogen (secondary N) is 2. The largest absolute Gasteiger partial charge is 0.369 e. The summed E-state index contributed by atoms with van der Waals surface area (Å²) >= 11 is 0. The fourth-order valence-corrected chi connectivity index (χ4v) is 3.97. The summed E-state index contributed by atoms with van der Waals surface area (Å²) in [5, 5.41) is 5.91. The topological polar surface area (TPSA) is 64.7 Å². The van der Waals surface area contributed by atoms with Gasteiger partial charge in [0, 0.05) is 44.8 Å². The molecule has 1 saturated heterocycles. The summed E-state index contributed by atoms with van der Waals surface area (Å²) in [7, 11) is 0. The van der Waals surface area contributed by atoms with Gasteiger partial charge in [-0.1, -0.05) is 39.8 Å². The molecule has 0 aliphatic carbocycles. The van der Waals surface area contributed by atoms with Crippen molar-refractivity contribution in [1.82, 2.24) is 15.5 Å². The van der Waals surface area contributed by atoms with Crippen LogP contribution >= 0.6 is 0 Å². The monoisotopic (exact) mass is 430 g/mol. The Kier molecular flexibility index (Phi) is 10.3. The highest BCUT2D eigenvalue weighted by atomic mass is 16.2. The smallest absolute Gasteiger partial charge is 0.242 e. The SMILES string of the molecule is Cc1cccc(N2CCN(CCCCNC(=O)C(NC(=O)CC(C)C)C(C)C)CC2)c1. The zero-order chi connectivity index (χ0) is 22.8. The van der Waals surface area contributed by atoms with E-state index in [0.29, 0.717) is 13.0 Å². The lowest BCUT2D eigenvalue weighted by Crippen LogP contribution is -2.50. The van der Waals surface area contributed by atoms with Gasteiger partial charge in [0.25, 0.3) is 0 Å². The molecule has 2 amide bonds. The molecule has 31 heavy (non-hydrogen) atoms. The van der Waals surface area contributed by atoms with Crippen LogP contribution in [0.25, 0.3) is 0 Å². The minimum Gasteiger partial charge on any atom is -0.369 e. The third-order valence-corrected chi connectivity index (χ3v) is 5.80. The van der Waals surface area contributed by atoms with Gasteiger partial charge in [-0.25, -0.2) is 0 Å². The Morgan fingerprint density at radius 3 is 2.35 bits per heavy atom. The molecule has 0 spiro atoms. The normalized spacial score (nSPS) is 15.9. The van der Waals surface area contributed by atoms with Crippen LogP contribution in [0.5, 0.6) is 0 Å². The zero-order valence-corrected chi connectivity index (χ0v) is 20.1. The van der Waals surface area contributed by atoms with E-state index in [4.69, 9.17) is 0 Å². The molecule has 2 rings (SSSR count). The van der Waals surface area contributed by atoms with E-state index in [2.05, 4.69) is 51.6 Å². The van der Waals surface area contributed by atoms with Crippen molar-refractivity contribution in [2.75, 3.05) is 44.2 Å². The second-order valence-electron chi connectivity index (χ2n) is 9.55. The number of hydrogen-bond donors (Lipinski definition) is 2. The first kappa shape index (κ1) is 25.2. The Morgan fingerprint density at radius 1 is 1.03 bits per heavy atom. The number of nitrogens with zero attached hydrogens (tertiary/aromatic N) is 2. The summed E-state index contributed by atoms with van der Waals surface area (Å²) in [5.41, 5.74) is 2.63. The van der Waals surface area contributed by atoms with Crippen LogP contribution < -0.4 is 15.5 Å².